The Kier molecular flexibility index (Phi) is 5.92. The van der Waals surface area contributed by atoms with Crippen molar-refractivity contribution >= 4 is 50.9 Å². The van der Waals surface area contributed by atoms with Crippen LogP contribution in [-0.4, -0.2) is 32.2 Å². The summed E-state index contributed by atoms with van der Waals surface area (Å²) in [5, 5.41) is 15.5. The predicted molar refractivity (Wildman–Crippen MR) is 103 cm³/mol. The van der Waals surface area contributed by atoms with Crippen molar-refractivity contribution < 1.29 is 4.79 Å². The van der Waals surface area contributed by atoms with Crippen LogP contribution in [0.15, 0.2) is 39.0 Å². The number of aromatic nitrogens is 3. The minimum atomic E-state index is -0.146. The highest BCUT2D eigenvalue weighted by Crippen LogP contribution is 2.19. The maximum Gasteiger partial charge on any atom is 0.264 e. The zero-order valence-corrected chi connectivity index (χ0v) is 15.8. The number of carbonyl (C=O) groups excluding carboxylic acids is 1. The lowest BCUT2D eigenvalue weighted by molar-refractivity contribution is -0.113. The van der Waals surface area contributed by atoms with Gasteiger partial charge in [0.15, 0.2) is 0 Å². The monoisotopic (exact) mass is 423 g/mol. The third-order valence-corrected chi connectivity index (χ3v) is 5.04. The van der Waals surface area contributed by atoms with Gasteiger partial charge in [0.2, 0.25) is 11.1 Å². The van der Waals surface area contributed by atoms with E-state index in [9.17, 15) is 4.79 Å². The number of halogens is 1. The summed E-state index contributed by atoms with van der Waals surface area (Å²) in [6, 6.07) is 7.40. The summed E-state index contributed by atoms with van der Waals surface area (Å²) in [7, 11) is 0. The van der Waals surface area contributed by atoms with E-state index in [-0.39, 0.29) is 11.7 Å². The molecule has 1 aromatic carbocycles. The molecule has 1 fully saturated rings. The fourth-order valence-electron chi connectivity index (χ4n) is 2.37. The van der Waals surface area contributed by atoms with Crippen molar-refractivity contribution in [3.63, 3.8) is 0 Å². The summed E-state index contributed by atoms with van der Waals surface area (Å²) in [6.07, 6.45) is 4.35. The lowest BCUT2D eigenvalue weighted by Crippen LogP contribution is -2.17. The molecule has 1 heterocycles. The number of carbonyl (C=O) groups is 1. The molecule has 1 aliphatic carbocycles. The number of nitrogens with two attached hydrogens (primary N) is 1. The van der Waals surface area contributed by atoms with Crippen molar-refractivity contribution in [3.05, 3.63) is 28.7 Å². The molecule has 1 aromatic heterocycles. The molecule has 0 atom stereocenters. The second-order valence-corrected chi connectivity index (χ2v) is 7.38. The number of thioether (sulfide) groups is 1. The Balaban J connectivity index is 1.52. The molecule has 0 radical (unpaired) electrons. The number of anilines is 2. The molecular weight excluding hydrogens is 406 g/mol. The van der Waals surface area contributed by atoms with Crippen LogP contribution in [-0.2, 0) is 4.79 Å². The molecule has 0 spiro atoms. The molecule has 8 nitrogen and oxygen atoms in total. The van der Waals surface area contributed by atoms with Crippen molar-refractivity contribution in [3.8, 4) is 0 Å². The zero-order chi connectivity index (χ0) is 17.6. The molecule has 0 bridgehead atoms. The van der Waals surface area contributed by atoms with Crippen LogP contribution in [0.4, 0.5) is 11.6 Å². The molecule has 2 aromatic rings. The van der Waals surface area contributed by atoms with Crippen molar-refractivity contribution in [2.45, 2.75) is 30.8 Å². The molecule has 0 saturated heterocycles. The fraction of sp³-hybridized carbons (Fsp3) is 0.333. The van der Waals surface area contributed by atoms with E-state index in [1.807, 2.05) is 24.3 Å². The second-order valence-electron chi connectivity index (χ2n) is 5.52. The molecule has 132 valence electrons. The Hall–Kier alpha value is -2.07. The van der Waals surface area contributed by atoms with Gasteiger partial charge in [-0.3, -0.25) is 4.79 Å². The van der Waals surface area contributed by atoms with E-state index in [2.05, 4.69) is 42.0 Å². The molecule has 0 aliphatic heterocycles. The van der Waals surface area contributed by atoms with E-state index >= 15 is 0 Å². The Labute approximate surface area is 157 Å². The number of benzene rings is 1. The van der Waals surface area contributed by atoms with Gasteiger partial charge in [-0.15, -0.1) is 10.2 Å². The maximum absolute atomic E-state index is 12.0. The first-order valence-corrected chi connectivity index (χ1v) is 9.60. The topological polar surface area (TPSA) is 110 Å². The summed E-state index contributed by atoms with van der Waals surface area (Å²) in [5.41, 5.74) is 4.68. The van der Waals surface area contributed by atoms with Gasteiger partial charge in [-0.05, 0) is 43.9 Å². The van der Waals surface area contributed by atoms with Gasteiger partial charge in [-0.25, -0.2) is 10.1 Å². The number of hydrazone groups is 1. The molecule has 1 aliphatic rings. The van der Waals surface area contributed by atoms with Crippen LogP contribution in [0.3, 0.4) is 0 Å². The lowest BCUT2D eigenvalue weighted by Gasteiger charge is -2.06. The normalized spacial score (nSPS) is 13.7. The third-order valence-electron chi connectivity index (χ3n) is 3.60. The van der Waals surface area contributed by atoms with E-state index in [0.29, 0.717) is 11.1 Å². The van der Waals surface area contributed by atoms with Crippen LogP contribution in [0.2, 0.25) is 0 Å². The predicted octanol–water partition coefficient (Wildman–Crippen LogP) is 2.83. The van der Waals surface area contributed by atoms with Crippen LogP contribution in [0.25, 0.3) is 0 Å². The summed E-state index contributed by atoms with van der Waals surface area (Å²) in [4.78, 5) is 12.0. The van der Waals surface area contributed by atoms with Gasteiger partial charge in [0.1, 0.15) is 0 Å². The average molecular weight is 424 g/mol. The maximum atomic E-state index is 12.0. The number of nitrogen functional groups attached to an aromatic ring is 1. The largest absolute Gasteiger partial charge is 0.334 e. The molecule has 1 amide bonds. The Morgan fingerprint density at radius 3 is 2.92 bits per heavy atom. The summed E-state index contributed by atoms with van der Waals surface area (Å²) >= 11 is 4.58. The van der Waals surface area contributed by atoms with Crippen LogP contribution < -0.4 is 16.6 Å². The number of amides is 1. The Morgan fingerprint density at radius 1 is 1.36 bits per heavy atom. The smallest absolute Gasteiger partial charge is 0.264 e. The van der Waals surface area contributed by atoms with Gasteiger partial charge in [0, 0.05) is 15.9 Å². The second kappa shape index (κ2) is 8.34. The fourth-order valence-corrected chi connectivity index (χ4v) is 3.42. The highest BCUT2D eigenvalue weighted by Gasteiger charge is 2.13. The molecular formula is C15H18BrN7OS. The highest BCUT2D eigenvalue weighted by molar-refractivity contribution is 9.10. The van der Waals surface area contributed by atoms with Crippen LogP contribution in [0, 0.1) is 0 Å². The van der Waals surface area contributed by atoms with Crippen molar-refractivity contribution in [1.29, 1.82) is 0 Å². The molecule has 25 heavy (non-hydrogen) atoms. The third kappa shape index (κ3) is 4.95. The van der Waals surface area contributed by atoms with E-state index in [1.54, 1.807) is 0 Å². The van der Waals surface area contributed by atoms with Crippen LogP contribution in [0.5, 0.6) is 0 Å². The van der Waals surface area contributed by atoms with Gasteiger partial charge >= 0.3 is 0 Å². The molecule has 10 heteroatoms. The van der Waals surface area contributed by atoms with Gasteiger partial charge < -0.3 is 11.2 Å². The SMILES string of the molecule is Nn1c(NN=C2CCCC2)nnc1SCC(=O)Nc1cccc(Br)c1. The highest BCUT2D eigenvalue weighted by atomic mass is 79.9. The van der Waals surface area contributed by atoms with Crippen molar-refractivity contribution in [2.24, 2.45) is 5.10 Å². The molecule has 1 saturated carbocycles. The quantitative estimate of drug-likeness (QED) is 0.374. The van der Waals surface area contributed by atoms with Crippen LogP contribution >= 0.6 is 27.7 Å². The van der Waals surface area contributed by atoms with E-state index < -0.39 is 0 Å². The number of hydrogen-bond acceptors (Lipinski definition) is 7. The van der Waals surface area contributed by atoms with Crippen molar-refractivity contribution in [1.82, 2.24) is 14.9 Å². The summed E-state index contributed by atoms with van der Waals surface area (Å²) < 4.78 is 2.20. The number of nitrogens with one attached hydrogen (secondary N) is 2. The Bertz CT molecular complexity index is 784. The standard InChI is InChI=1S/C15H18BrN7OS/c16-10-4-3-7-12(8-10)18-13(24)9-25-15-22-21-14(23(15)17)20-19-11-5-1-2-6-11/h3-4,7-8H,1-2,5-6,9,17H2,(H,18,24)(H,20,21). The van der Waals surface area contributed by atoms with E-state index in [4.69, 9.17) is 5.84 Å². The minimum absolute atomic E-state index is 0.146. The van der Waals surface area contributed by atoms with Crippen LogP contribution in [0.1, 0.15) is 25.7 Å². The van der Waals surface area contributed by atoms with Gasteiger partial charge in [-0.2, -0.15) is 5.10 Å². The molecule has 3 rings (SSSR count). The molecule has 4 N–H and O–H groups in total. The zero-order valence-electron chi connectivity index (χ0n) is 13.4. The first-order valence-electron chi connectivity index (χ1n) is 7.82. The van der Waals surface area contributed by atoms with Gasteiger partial charge in [0.25, 0.3) is 5.95 Å². The van der Waals surface area contributed by atoms with E-state index in [0.717, 1.165) is 28.7 Å². The van der Waals surface area contributed by atoms with Gasteiger partial charge in [-0.1, -0.05) is 33.8 Å². The summed E-state index contributed by atoms with van der Waals surface area (Å²) in [6.45, 7) is 0. The molecule has 0 unspecified atom stereocenters. The van der Waals surface area contributed by atoms with E-state index in [1.165, 1.54) is 29.3 Å². The first-order chi connectivity index (χ1) is 12.1. The summed E-state index contributed by atoms with van der Waals surface area (Å²) in [5.74, 6) is 6.33. The lowest BCUT2D eigenvalue weighted by atomic mass is 10.3. The number of nitrogens with zero attached hydrogens (tertiary/aromatic N) is 4. The van der Waals surface area contributed by atoms with Crippen molar-refractivity contribution in [2.75, 3.05) is 22.3 Å². The number of hydrogen-bond donors (Lipinski definition) is 3. The van der Waals surface area contributed by atoms with Gasteiger partial charge in [0.05, 0.1) is 5.75 Å². The first kappa shape index (κ1) is 17.7. The minimum Gasteiger partial charge on any atom is -0.334 e. The average Bonchev–Trinajstić information content (AvgIpc) is 3.21. The number of rotatable bonds is 6. The Morgan fingerprint density at radius 2 is 2.16 bits per heavy atom.